The van der Waals surface area contributed by atoms with E-state index in [0.717, 1.165) is 50.0 Å². The molecule has 0 aliphatic rings. The molecule has 0 aliphatic carbocycles. The maximum Gasteiger partial charge on any atom is 0.500 e. The summed E-state index contributed by atoms with van der Waals surface area (Å²) in [4.78, 5) is 12.7. The van der Waals surface area contributed by atoms with E-state index in [2.05, 4.69) is 51.9 Å². The third kappa shape index (κ3) is 10.2. The van der Waals surface area contributed by atoms with Gasteiger partial charge in [-0.15, -0.1) is 0 Å². The zero-order chi connectivity index (χ0) is 22.6. The van der Waals surface area contributed by atoms with Crippen molar-refractivity contribution < 1.29 is 22.5 Å². The van der Waals surface area contributed by atoms with Crippen LogP contribution in [0.3, 0.4) is 0 Å². The molecular formula is C20H47NO5Si3. The average molecular weight is 466 g/mol. The molecule has 0 aromatic carbocycles. The molecule has 0 aromatic rings. The second-order valence-electron chi connectivity index (χ2n) is 8.71. The topological polar surface area (TPSA) is 57.2 Å². The first-order valence-electron chi connectivity index (χ1n) is 11.3. The van der Waals surface area contributed by atoms with E-state index in [1.54, 1.807) is 14.2 Å². The van der Waals surface area contributed by atoms with Crippen LogP contribution in [0.15, 0.2) is 0 Å². The van der Waals surface area contributed by atoms with Gasteiger partial charge in [0.05, 0.1) is 6.54 Å². The fourth-order valence-electron chi connectivity index (χ4n) is 3.43. The summed E-state index contributed by atoms with van der Waals surface area (Å²) in [5, 5.41) is 0. The lowest BCUT2D eigenvalue weighted by Crippen LogP contribution is -2.51. The fourth-order valence-corrected chi connectivity index (χ4v) is 9.49. The zero-order valence-electron chi connectivity index (χ0n) is 20.6. The first-order chi connectivity index (χ1) is 13.6. The minimum atomic E-state index is -2.55. The van der Waals surface area contributed by atoms with E-state index in [-0.39, 0.29) is 5.97 Å². The smallest absolute Gasteiger partial charge is 0.500 e. The predicted octanol–water partition coefficient (Wildman–Crippen LogP) is 5.11. The van der Waals surface area contributed by atoms with Crippen LogP contribution in [-0.2, 0) is 22.5 Å². The standard InChI is InChI=1S/C20H47NO5Si3/c1-10-17-25-29(23-5,24-6)18-15-14-16-21(27(7,8)9)19-20(22)26-28(11-2,12-3)13-4/h10-19H2,1-9H3. The molecule has 0 saturated heterocycles. The summed E-state index contributed by atoms with van der Waals surface area (Å²) in [5.74, 6) is -0.0339. The Balaban J connectivity index is 4.81. The van der Waals surface area contributed by atoms with Crippen LogP contribution < -0.4 is 0 Å². The molecule has 0 bridgehead atoms. The van der Waals surface area contributed by atoms with Crippen molar-refractivity contribution in [3.63, 3.8) is 0 Å². The third-order valence-corrected chi connectivity index (χ3v) is 15.5. The monoisotopic (exact) mass is 465 g/mol. The van der Waals surface area contributed by atoms with E-state index < -0.39 is 25.4 Å². The van der Waals surface area contributed by atoms with Crippen molar-refractivity contribution in [2.45, 2.75) is 90.8 Å². The molecule has 0 unspecified atom stereocenters. The highest BCUT2D eigenvalue weighted by atomic mass is 28.4. The molecule has 29 heavy (non-hydrogen) atoms. The lowest BCUT2D eigenvalue weighted by molar-refractivity contribution is -0.135. The molecule has 0 radical (unpaired) electrons. The Morgan fingerprint density at radius 1 is 0.897 bits per heavy atom. The van der Waals surface area contributed by atoms with Gasteiger partial charge in [0.1, 0.15) is 8.24 Å². The number of carbonyl (C=O) groups excluding carboxylic acids is 1. The second kappa shape index (κ2) is 14.1. The summed E-state index contributed by atoms with van der Waals surface area (Å²) in [6.07, 6.45) is 2.91. The van der Waals surface area contributed by atoms with Gasteiger partial charge in [0, 0.05) is 26.9 Å². The van der Waals surface area contributed by atoms with Crippen molar-refractivity contribution in [3.05, 3.63) is 0 Å². The van der Waals surface area contributed by atoms with Crippen molar-refractivity contribution >= 4 is 31.3 Å². The van der Waals surface area contributed by atoms with Gasteiger partial charge in [0.2, 0.25) is 0 Å². The Labute approximate surface area is 183 Å². The van der Waals surface area contributed by atoms with E-state index in [9.17, 15) is 4.79 Å². The van der Waals surface area contributed by atoms with E-state index in [0.29, 0.717) is 13.2 Å². The van der Waals surface area contributed by atoms with Gasteiger partial charge in [-0.3, -0.25) is 4.79 Å². The van der Waals surface area contributed by atoms with Gasteiger partial charge in [-0.2, -0.15) is 0 Å². The highest BCUT2D eigenvalue weighted by molar-refractivity contribution is 6.75. The molecular weight excluding hydrogens is 418 g/mol. The minimum Gasteiger partial charge on any atom is -0.518 e. The van der Waals surface area contributed by atoms with Crippen LogP contribution in [0.1, 0.15) is 47.0 Å². The average Bonchev–Trinajstić information content (AvgIpc) is 2.70. The Bertz CT molecular complexity index is 444. The largest absolute Gasteiger partial charge is 0.518 e. The lowest BCUT2D eigenvalue weighted by Gasteiger charge is -2.35. The molecule has 0 aromatic heterocycles. The van der Waals surface area contributed by atoms with Gasteiger partial charge in [0.25, 0.3) is 8.32 Å². The molecule has 0 aliphatic heterocycles. The van der Waals surface area contributed by atoms with Gasteiger partial charge in [-0.1, -0.05) is 47.3 Å². The second-order valence-corrected chi connectivity index (χ2v) is 21.3. The SMILES string of the molecule is CCCO[Si](CCCCN(CC(=O)O[Si](CC)(CC)CC)[Si](C)(C)C)(OC)OC. The number of rotatable bonds is 17. The molecule has 0 amide bonds. The van der Waals surface area contributed by atoms with Crippen LogP contribution in [0.5, 0.6) is 0 Å². The van der Waals surface area contributed by atoms with Crippen LogP contribution in [0.2, 0.25) is 43.8 Å². The predicted molar refractivity (Wildman–Crippen MR) is 128 cm³/mol. The number of unbranched alkanes of at least 4 members (excludes halogenated alkanes) is 1. The molecule has 9 heteroatoms. The molecule has 6 nitrogen and oxygen atoms in total. The summed E-state index contributed by atoms with van der Waals surface area (Å²) in [6.45, 7) is 17.4. The molecule has 0 fully saturated rings. The van der Waals surface area contributed by atoms with Crippen molar-refractivity contribution in [2.24, 2.45) is 0 Å². The van der Waals surface area contributed by atoms with Gasteiger partial charge in [-0.25, -0.2) is 0 Å². The number of carbonyl (C=O) groups is 1. The third-order valence-electron chi connectivity index (χ3n) is 5.84. The van der Waals surface area contributed by atoms with Crippen molar-refractivity contribution in [2.75, 3.05) is 33.9 Å². The Hall–Kier alpha value is -0.0394. The summed E-state index contributed by atoms with van der Waals surface area (Å²) >= 11 is 0. The molecule has 174 valence electrons. The summed E-state index contributed by atoms with van der Waals surface area (Å²) in [7, 11) is -2.71. The van der Waals surface area contributed by atoms with E-state index in [4.69, 9.17) is 17.7 Å². The molecule has 0 rings (SSSR count). The highest BCUT2D eigenvalue weighted by Gasteiger charge is 2.38. The van der Waals surface area contributed by atoms with E-state index >= 15 is 0 Å². The maximum atomic E-state index is 12.7. The van der Waals surface area contributed by atoms with Crippen LogP contribution in [0.25, 0.3) is 0 Å². The molecule has 0 spiro atoms. The minimum absolute atomic E-state index is 0.0339. The molecule has 0 N–H and O–H groups in total. The molecule has 0 saturated carbocycles. The van der Waals surface area contributed by atoms with Crippen molar-refractivity contribution in [3.8, 4) is 0 Å². The first-order valence-corrected chi connectivity index (χ1v) is 19.2. The molecule has 0 atom stereocenters. The summed E-state index contributed by atoms with van der Waals surface area (Å²) in [5.41, 5.74) is 0. The van der Waals surface area contributed by atoms with Crippen molar-refractivity contribution in [1.29, 1.82) is 0 Å². The van der Waals surface area contributed by atoms with E-state index in [1.807, 2.05) is 0 Å². The van der Waals surface area contributed by atoms with Crippen LogP contribution in [-0.4, -0.2) is 69.8 Å². The van der Waals surface area contributed by atoms with Crippen molar-refractivity contribution in [1.82, 2.24) is 4.57 Å². The summed E-state index contributed by atoms with van der Waals surface area (Å²) in [6, 6.07) is 3.80. The zero-order valence-corrected chi connectivity index (χ0v) is 23.6. The normalized spacial score (nSPS) is 13.2. The number of hydrogen-bond acceptors (Lipinski definition) is 6. The van der Waals surface area contributed by atoms with Gasteiger partial charge in [0.15, 0.2) is 0 Å². The summed E-state index contributed by atoms with van der Waals surface area (Å²) < 4.78 is 25.7. The number of nitrogens with zero attached hydrogens (tertiary/aromatic N) is 1. The Kier molecular flexibility index (Phi) is 14.1. The fraction of sp³-hybridized carbons (Fsp3) is 0.950. The maximum absolute atomic E-state index is 12.7. The van der Waals surface area contributed by atoms with Crippen LogP contribution in [0.4, 0.5) is 0 Å². The Morgan fingerprint density at radius 3 is 1.86 bits per heavy atom. The van der Waals surface area contributed by atoms with E-state index in [1.165, 1.54) is 0 Å². The molecule has 0 heterocycles. The number of hydrogen-bond donors (Lipinski definition) is 0. The lowest BCUT2D eigenvalue weighted by atomic mass is 10.3. The Morgan fingerprint density at radius 2 is 1.45 bits per heavy atom. The van der Waals surface area contributed by atoms with Gasteiger partial charge in [-0.05, 0) is 43.9 Å². The van der Waals surface area contributed by atoms with Gasteiger partial charge < -0.3 is 22.3 Å². The highest BCUT2D eigenvalue weighted by Crippen LogP contribution is 2.23. The first kappa shape index (κ1) is 29.0. The van der Waals surface area contributed by atoms with Gasteiger partial charge >= 0.3 is 14.8 Å². The van der Waals surface area contributed by atoms with Crippen LogP contribution >= 0.6 is 0 Å². The van der Waals surface area contributed by atoms with Crippen LogP contribution in [0, 0.1) is 0 Å². The quantitative estimate of drug-likeness (QED) is 0.220.